The number of aromatic nitrogens is 4. The molecule has 1 aromatic carbocycles. The molecule has 2 aromatic rings. The summed E-state index contributed by atoms with van der Waals surface area (Å²) in [6.45, 7) is 1.99. The van der Waals surface area contributed by atoms with E-state index in [0.29, 0.717) is 12.3 Å². The molecule has 1 heterocycles. The van der Waals surface area contributed by atoms with Crippen LogP contribution in [-0.2, 0) is 4.79 Å². The van der Waals surface area contributed by atoms with Crippen LogP contribution in [0.5, 0.6) is 0 Å². The van der Waals surface area contributed by atoms with Gasteiger partial charge in [-0.2, -0.15) is 0 Å². The average molecular weight is 311 g/mol. The van der Waals surface area contributed by atoms with Crippen molar-refractivity contribution in [1.29, 1.82) is 0 Å². The summed E-state index contributed by atoms with van der Waals surface area (Å²) >= 11 is 0. The second-order valence-electron chi connectivity index (χ2n) is 6.94. The molecule has 4 rings (SSSR count). The van der Waals surface area contributed by atoms with E-state index in [-0.39, 0.29) is 5.91 Å². The number of rotatable bonds is 4. The van der Waals surface area contributed by atoms with Crippen molar-refractivity contribution in [2.75, 3.05) is 5.32 Å². The van der Waals surface area contributed by atoms with Gasteiger partial charge in [-0.25, -0.2) is 4.68 Å². The van der Waals surface area contributed by atoms with Crippen molar-refractivity contribution in [2.24, 2.45) is 17.8 Å². The third-order valence-corrected chi connectivity index (χ3v) is 5.41. The highest BCUT2D eigenvalue weighted by molar-refractivity contribution is 5.91. The normalized spacial score (nSPS) is 25.7. The zero-order chi connectivity index (χ0) is 15.8. The molecular formula is C17H21N5O. The predicted octanol–water partition coefficient (Wildman–Crippen LogP) is 2.74. The van der Waals surface area contributed by atoms with Crippen molar-refractivity contribution < 1.29 is 4.79 Å². The largest absolute Gasteiger partial charge is 0.326 e. The number of hydrogen-bond donors (Lipinski definition) is 1. The summed E-state index contributed by atoms with van der Waals surface area (Å²) in [6.07, 6.45) is 7.51. The van der Waals surface area contributed by atoms with Crippen LogP contribution < -0.4 is 5.32 Å². The van der Waals surface area contributed by atoms with Gasteiger partial charge < -0.3 is 5.32 Å². The first-order valence-corrected chi connectivity index (χ1v) is 8.33. The molecule has 120 valence electrons. The highest BCUT2D eigenvalue weighted by atomic mass is 16.1. The molecule has 6 nitrogen and oxygen atoms in total. The van der Waals surface area contributed by atoms with E-state index in [4.69, 9.17) is 0 Å². The minimum absolute atomic E-state index is 0.136. The molecule has 3 unspecified atom stereocenters. The maximum Gasteiger partial charge on any atom is 0.224 e. The molecule has 2 bridgehead atoms. The van der Waals surface area contributed by atoms with Gasteiger partial charge in [0.05, 0.1) is 5.69 Å². The average Bonchev–Trinajstić information content (AvgIpc) is 3.24. The Hall–Kier alpha value is -2.24. The van der Waals surface area contributed by atoms with Gasteiger partial charge in [0.15, 0.2) is 0 Å². The number of carbonyl (C=O) groups is 1. The van der Waals surface area contributed by atoms with Crippen LogP contribution >= 0.6 is 0 Å². The Morgan fingerprint density at radius 3 is 2.91 bits per heavy atom. The van der Waals surface area contributed by atoms with Crippen molar-refractivity contribution in [2.45, 2.75) is 39.0 Å². The predicted molar refractivity (Wildman–Crippen MR) is 86.1 cm³/mol. The van der Waals surface area contributed by atoms with Crippen LogP contribution in [0.1, 0.15) is 37.7 Å². The van der Waals surface area contributed by atoms with E-state index in [1.165, 1.54) is 25.7 Å². The molecule has 2 fully saturated rings. The molecule has 0 radical (unpaired) electrons. The highest BCUT2D eigenvalue weighted by Crippen LogP contribution is 2.49. The Labute approximate surface area is 135 Å². The van der Waals surface area contributed by atoms with Crippen LogP contribution in [0, 0.1) is 24.7 Å². The summed E-state index contributed by atoms with van der Waals surface area (Å²) in [4.78, 5) is 12.3. The van der Waals surface area contributed by atoms with E-state index in [1.807, 2.05) is 25.1 Å². The molecule has 3 atom stereocenters. The lowest BCUT2D eigenvalue weighted by Gasteiger charge is -2.21. The third kappa shape index (κ3) is 2.85. The minimum Gasteiger partial charge on any atom is -0.326 e. The van der Waals surface area contributed by atoms with Gasteiger partial charge in [0.2, 0.25) is 5.91 Å². The number of nitrogens with zero attached hydrogens (tertiary/aromatic N) is 4. The number of hydrogen-bond acceptors (Lipinski definition) is 4. The van der Waals surface area contributed by atoms with E-state index in [2.05, 4.69) is 20.8 Å². The molecule has 0 aliphatic heterocycles. The third-order valence-electron chi connectivity index (χ3n) is 5.41. The van der Waals surface area contributed by atoms with Crippen molar-refractivity contribution >= 4 is 11.6 Å². The van der Waals surface area contributed by atoms with Crippen LogP contribution in [0.15, 0.2) is 24.5 Å². The Morgan fingerprint density at radius 1 is 1.35 bits per heavy atom. The molecular weight excluding hydrogens is 290 g/mol. The topological polar surface area (TPSA) is 72.7 Å². The molecule has 2 saturated carbocycles. The molecule has 0 spiro atoms. The fraction of sp³-hybridized carbons (Fsp3) is 0.529. The Balaban J connectivity index is 1.40. The Bertz CT molecular complexity index is 712. The van der Waals surface area contributed by atoms with Crippen LogP contribution in [-0.4, -0.2) is 26.1 Å². The van der Waals surface area contributed by atoms with Gasteiger partial charge in [0, 0.05) is 12.1 Å². The lowest BCUT2D eigenvalue weighted by molar-refractivity contribution is -0.117. The number of amides is 1. The van der Waals surface area contributed by atoms with Crippen molar-refractivity contribution in [3.05, 3.63) is 30.1 Å². The first kappa shape index (κ1) is 14.4. The van der Waals surface area contributed by atoms with Crippen LogP contribution in [0.3, 0.4) is 0 Å². The van der Waals surface area contributed by atoms with E-state index in [0.717, 1.165) is 28.8 Å². The summed E-state index contributed by atoms with van der Waals surface area (Å²) in [6, 6.07) is 5.80. The summed E-state index contributed by atoms with van der Waals surface area (Å²) < 4.78 is 1.62. The second kappa shape index (κ2) is 5.76. The number of aryl methyl sites for hydroxylation is 1. The number of anilines is 1. The number of carbonyl (C=O) groups excluding carboxylic acids is 1. The van der Waals surface area contributed by atoms with E-state index >= 15 is 0 Å². The standard InChI is InChI=1S/C17H21N5O/c1-11-6-15(4-5-16(11)22-10-18-20-21-22)19-17(23)9-14-8-12-2-3-13(14)7-12/h4-6,10,12-14H,2-3,7-9H2,1H3,(H,19,23). The van der Waals surface area contributed by atoms with Crippen LogP contribution in [0.4, 0.5) is 5.69 Å². The number of tetrazole rings is 1. The number of fused-ring (bicyclic) bond motifs is 2. The summed E-state index contributed by atoms with van der Waals surface area (Å²) in [7, 11) is 0. The van der Waals surface area contributed by atoms with E-state index in [1.54, 1.807) is 11.0 Å². The number of nitrogens with one attached hydrogen (secondary N) is 1. The van der Waals surface area contributed by atoms with E-state index < -0.39 is 0 Å². The highest BCUT2D eigenvalue weighted by Gasteiger charge is 2.40. The molecule has 1 amide bonds. The molecule has 1 aromatic heterocycles. The summed E-state index contributed by atoms with van der Waals surface area (Å²) in [5.41, 5.74) is 2.78. The lowest BCUT2D eigenvalue weighted by Crippen LogP contribution is -2.20. The quantitative estimate of drug-likeness (QED) is 0.942. The summed E-state index contributed by atoms with van der Waals surface area (Å²) in [5, 5.41) is 14.2. The summed E-state index contributed by atoms with van der Waals surface area (Å²) in [5.74, 6) is 2.40. The van der Waals surface area contributed by atoms with Crippen LogP contribution in [0.2, 0.25) is 0 Å². The van der Waals surface area contributed by atoms with Gasteiger partial charge in [-0.15, -0.1) is 5.10 Å². The SMILES string of the molecule is Cc1cc(NC(=O)CC2CC3CCC2C3)ccc1-n1cnnn1. The van der Waals surface area contributed by atoms with Crippen molar-refractivity contribution in [1.82, 2.24) is 20.2 Å². The van der Waals surface area contributed by atoms with Gasteiger partial charge in [0.1, 0.15) is 6.33 Å². The molecule has 2 aliphatic carbocycles. The van der Waals surface area contributed by atoms with Crippen LogP contribution in [0.25, 0.3) is 5.69 Å². The van der Waals surface area contributed by atoms with Gasteiger partial charge in [-0.3, -0.25) is 4.79 Å². The maximum absolute atomic E-state index is 12.3. The van der Waals surface area contributed by atoms with Gasteiger partial charge in [0.25, 0.3) is 0 Å². The zero-order valence-corrected chi connectivity index (χ0v) is 13.3. The minimum atomic E-state index is 0.136. The van der Waals surface area contributed by atoms with Gasteiger partial charge >= 0.3 is 0 Å². The zero-order valence-electron chi connectivity index (χ0n) is 13.3. The monoisotopic (exact) mass is 311 g/mol. The van der Waals surface area contributed by atoms with Gasteiger partial charge in [-0.1, -0.05) is 6.42 Å². The smallest absolute Gasteiger partial charge is 0.224 e. The van der Waals surface area contributed by atoms with Crippen molar-refractivity contribution in [3.63, 3.8) is 0 Å². The maximum atomic E-state index is 12.3. The van der Waals surface area contributed by atoms with Gasteiger partial charge in [-0.05, 0) is 78.1 Å². The van der Waals surface area contributed by atoms with Crippen molar-refractivity contribution in [3.8, 4) is 5.69 Å². The Morgan fingerprint density at radius 2 is 2.26 bits per heavy atom. The first-order valence-electron chi connectivity index (χ1n) is 8.33. The fourth-order valence-electron chi connectivity index (χ4n) is 4.34. The molecule has 1 N–H and O–H groups in total. The molecule has 2 aliphatic rings. The second-order valence-corrected chi connectivity index (χ2v) is 6.94. The fourth-order valence-corrected chi connectivity index (χ4v) is 4.34. The van der Waals surface area contributed by atoms with E-state index in [9.17, 15) is 4.79 Å². The first-order chi connectivity index (χ1) is 11.2. The molecule has 23 heavy (non-hydrogen) atoms. The molecule has 6 heteroatoms. The number of benzene rings is 1. The lowest BCUT2D eigenvalue weighted by atomic mass is 9.86. The Kier molecular flexibility index (Phi) is 3.59. The molecule has 0 saturated heterocycles.